The Labute approximate surface area is 71.2 Å². The highest BCUT2D eigenvalue weighted by atomic mass is 35.5. The molecule has 0 bridgehead atoms. The molecule has 0 unspecified atom stereocenters. The van der Waals surface area contributed by atoms with Gasteiger partial charge < -0.3 is 0 Å². The summed E-state index contributed by atoms with van der Waals surface area (Å²) in [5, 5.41) is -0.0275. The highest BCUT2D eigenvalue weighted by Crippen LogP contribution is 2.20. The van der Waals surface area contributed by atoms with Crippen LogP contribution in [0.15, 0.2) is 22.6 Å². The molecule has 0 aromatic heterocycles. The van der Waals surface area contributed by atoms with E-state index >= 15 is 0 Å². The van der Waals surface area contributed by atoms with Crippen LogP contribution in [0.4, 0.5) is 10.1 Å². The second-order valence-corrected chi connectivity index (χ2v) is 2.50. The van der Waals surface area contributed by atoms with E-state index in [0.717, 1.165) is 6.07 Å². The van der Waals surface area contributed by atoms with E-state index in [1.807, 2.05) is 0 Å². The van der Waals surface area contributed by atoms with E-state index in [2.05, 4.69) is 4.36 Å². The molecule has 0 heterocycles. The van der Waals surface area contributed by atoms with Gasteiger partial charge in [-0.05, 0) is 18.2 Å². The molecule has 0 spiro atoms. The molecule has 1 aromatic carbocycles. The molecule has 0 aliphatic carbocycles. The molecule has 0 amide bonds. The zero-order chi connectivity index (χ0) is 8.27. The van der Waals surface area contributed by atoms with Gasteiger partial charge in [-0.2, -0.15) is 8.57 Å². The minimum Gasteiger partial charge on any atom is -0.205 e. The van der Waals surface area contributed by atoms with Crippen LogP contribution in [0.5, 0.6) is 0 Å². The third kappa shape index (κ3) is 2.10. The van der Waals surface area contributed by atoms with Crippen molar-refractivity contribution in [2.75, 3.05) is 0 Å². The van der Waals surface area contributed by atoms with E-state index in [0.29, 0.717) is 5.69 Å². The van der Waals surface area contributed by atoms with Crippen molar-refractivity contribution in [1.82, 2.24) is 0 Å². The van der Waals surface area contributed by atoms with E-state index in [4.69, 9.17) is 11.6 Å². The average Bonchev–Trinajstić information content (AvgIpc) is 1.98. The Morgan fingerprint density at radius 1 is 1.55 bits per heavy atom. The van der Waals surface area contributed by atoms with Crippen LogP contribution in [0.25, 0.3) is 0 Å². The van der Waals surface area contributed by atoms with E-state index < -0.39 is 5.82 Å². The number of rotatable bonds is 1. The van der Waals surface area contributed by atoms with Crippen LogP contribution in [-0.4, -0.2) is 4.21 Å². The second kappa shape index (κ2) is 3.59. The molecular formula is C6H3ClFNOS. The predicted molar refractivity (Wildman–Crippen MR) is 41.6 cm³/mol. The van der Waals surface area contributed by atoms with Crippen LogP contribution in [0.3, 0.4) is 0 Å². The minimum atomic E-state index is -0.512. The molecule has 58 valence electrons. The summed E-state index contributed by atoms with van der Waals surface area (Å²) in [4.78, 5) is 0. The smallest absolute Gasteiger partial charge is 0.205 e. The Hall–Kier alpha value is -0.740. The highest BCUT2D eigenvalue weighted by Gasteiger charge is 1.98. The number of hydrogen-bond acceptors (Lipinski definition) is 2. The van der Waals surface area contributed by atoms with Gasteiger partial charge in [-0.25, -0.2) is 4.39 Å². The van der Waals surface area contributed by atoms with Crippen molar-refractivity contribution in [3.8, 4) is 0 Å². The number of nitrogens with zero attached hydrogens (tertiary/aromatic N) is 1. The van der Waals surface area contributed by atoms with Gasteiger partial charge in [0.15, 0.2) is 0 Å². The van der Waals surface area contributed by atoms with Gasteiger partial charge in [0.05, 0.1) is 10.7 Å². The summed E-state index contributed by atoms with van der Waals surface area (Å²) in [6.07, 6.45) is 0. The lowest BCUT2D eigenvalue weighted by Crippen LogP contribution is -1.73. The number of halogens is 2. The Balaban J connectivity index is 3.14. The Morgan fingerprint density at radius 3 is 2.82 bits per heavy atom. The molecule has 11 heavy (non-hydrogen) atoms. The van der Waals surface area contributed by atoms with Crippen LogP contribution in [0, 0.1) is 5.82 Å². The van der Waals surface area contributed by atoms with E-state index in [1.54, 1.807) is 0 Å². The van der Waals surface area contributed by atoms with Gasteiger partial charge in [-0.15, -0.1) is 0 Å². The molecule has 0 aliphatic heterocycles. The first-order chi connectivity index (χ1) is 5.24. The summed E-state index contributed by atoms with van der Waals surface area (Å²) < 4.78 is 25.8. The zero-order valence-electron chi connectivity index (χ0n) is 5.25. The van der Waals surface area contributed by atoms with Gasteiger partial charge >= 0.3 is 0 Å². The Bertz CT molecular complexity index is 324. The van der Waals surface area contributed by atoms with Gasteiger partial charge in [0.25, 0.3) is 0 Å². The fraction of sp³-hybridized carbons (Fsp3) is 0. The zero-order valence-corrected chi connectivity index (χ0v) is 6.82. The number of benzene rings is 1. The lowest BCUT2D eigenvalue weighted by Gasteiger charge is -1.92. The third-order valence-electron chi connectivity index (χ3n) is 1.05. The lowest BCUT2D eigenvalue weighted by atomic mass is 10.3. The topological polar surface area (TPSA) is 29.4 Å². The maximum atomic E-state index is 12.5. The number of hydrogen-bond donors (Lipinski definition) is 0. The molecule has 1 aromatic rings. The van der Waals surface area contributed by atoms with Crippen molar-refractivity contribution in [3.05, 3.63) is 29.0 Å². The summed E-state index contributed by atoms with van der Waals surface area (Å²) in [6, 6.07) is 3.84. The van der Waals surface area contributed by atoms with E-state index in [9.17, 15) is 8.60 Å². The fourth-order valence-corrected chi connectivity index (χ4v) is 0.959. The van der Waals surface area contributed by atoms with Crippen molar-refractivity contribution in [2.45, 2.75) is 0 Å². The third-order valence-corrected chi connectivity index (χ3v) is 1.62. The molecule has 0 fully saturated rings. The van der Waals surface area contributed by atoms with Crippen LogP contribution >= 0.6 is 11.6 Å². The maximum Gasteiger partial charge on any atom is 0.205 e. The molecule has 0 saturated carbocycles. The predicted octanol–water partition coefficient (Wildman–Crippen LogP) is 2.51. The van der Waals surface area contributed by atoms with Gasteiger partial charge in [0.1, 0.15) is 5.82 Å². The second-order valence-electron chi connectivity index (χ2n) is 1.76. The highest BCUT2D eigenvalue weighted by molar-refractivity contribution is 7.54. The Morgan fingerprint density at radius 2 is 2.27 bits per heavy atom. The van der Waals surface area contributed by atoms with Crippen molar-refractivity contribution in [3.63, 3.8) is 0 Å². The van der Waals surface area contributed by atoms with Crippen LogP contribution in [-0.2, 0) is 11.5 Å². The van der Waals surface area contributed by atoms with E-state index in [1.165, 1.54) is 12.1 Å². The monoisotopic (exact) mass is 191 g/mol. The Kier molecular flexibility index (Phi) is 2.73. The molecule has 5 heteroatoms. The van der Waals surface area contributed by atoms with Gasteiger partial charge in [-0.3, -0.25) is 0 Å². The first-order valence-electron chi connectivity index (χ1n) is 2.69. The molecule has 0 atom stereocenters. The molecule has 1 rings (SSSR count). The molecule has 2 nitrogen and oxygen atoms in total. The maximum absolute atomic E-state index is 12.5. The molecular weight excluding hydrogens is 189 g/mol. The van der Waals surface area contributed by atoms with Gasteiger partial charge in [0.2, 0.25) is 11.5 Å². The summed E-state index contributed by atoms with van der Waals surface area (Å²) in [6.45, 7) is 0. The SMILES string of the molecule is O=S=Nc1ccc(F)c(Cl)c1. The summed E-state index contributed by atoms with van der Waals surface area (Å²) in [7, 11) is 0. The van der Waals surface area contributed by atoms with Crippen molar-refractivity contribution in [2.24, 2.45) is 4.36 Å². The summed E-state index contributed by atoms with van der Waals surface area (Å²) >= 11 is 5.47. The van der Waals surface area contributed by atoms with Gasteiger partial charge in [-0.1, -0.05) is 11.6 Å². The standard InChI is InChI=1S/C6H3ClFNOS/c7-5-3-4(9-11-10)1-2-6(5)8/h1-3H. The van der Waals surface area contributed by atoms with Crippen molar-refractivity contribution < 1.29 is 8.60 Å². The minimum absolute atomic E-state index is 0.0275. The van der Waals surface area contributed by atoms with Gasteiger partial charge in [0, 0.05) is 0 Å². The first kappa shape index (κ1) is 8.36. The van der Waals surface area contributed by atoms with Crippen LogP contribution < -0.4 is 0 Å². The van der Waals surface area contributed by atoms with Crippen LogP contribution in [0.2, 0.25) is 5.02 Å². The van der Waals surface area contributed by atoms with Crippen molar-refractivity contribution >= 4 is 28.8 Å². The molecule has 0 aliphatic rings. The largest absolute Gasteiger partial charge is 0.205 e. The molecule has 0 radical (unpaired) electrons. The summed E-state index contributed by atoms with van der Waals surface area (Å²) in [5.41, 5.74) is 0.372. The van der Waals surface area contributed by atoms with E-state index in [-0.39, 0.29) is 16.5 Å². The quantitative estimate of drug-likeness (QED) is 0.671. The fourth-order valence-electron chi connectivity index (χ4n) is 0.585. The first-order valence-corrected chi connectivity index (χ1v) is 3.77. The van der Waals surface area contributed by atoms with Crippen LogP contribution in [0.1, 0.15) is 0 Å². The van der Waals surface area contributed by atoms with Crippen molar-refractivity contribution in [1.29, 1.82) is 0 Å². The lowest BCUT2D eigenvalue weighted by molar-refractivity contribution is 0.628. The molecule has 0 saturated heterocycles. The average molecular weight is 192 g/mol. The normalized spacial score (nSPS) is 9.27. The summed E-state index contributed by atoms with van der Waals surface area (Å²) in [5.74, 6) is -0.512. The molecule has 0 N–H and O–H groups in total.